The highest BCUT2D eigenvalue weighted by atomic mass is 16.5. The Balaban J connectivity index is 1.36. The second kappa shape index (κ2) is 6.24. The summed E-state index contributed by atoms with van der Waals surface area (Å²) >= 11 is 0. The normalized spacial score (nSPS) is 26.2. The fourth-order valence-electron chi connectivity index (χ4n) is 3.26. The van der Waals surface area contributed by atoms with Crippen LogP contribution in [0.2, 0.25) is 0 Å². The fraction of sp³-hybridized carbons (Fsp3) is 0.471. The van der Waals surface area contributed by atoms with Gasteiger partial charge in [0.1, 0.15) is 12.2 Å². The first kappa shape index (κ1) is 15.1. The summed E-state index contributed by atoms with van der Waals surface area (Å²) in [6.45, 7) is 4.57. The number of amides is 1. The molecule has 0 bridgehead atoms. The van der Waals surface area contributed by atoms with Crippen LogP contribution in [-0.4, -0.2) is 46.9 Å². The second-order valence-corrected chi connectivity index (χ2v) is 6.47. The lowest BCUT2D eigenvalue weighted by molar-refractivity contribution is -0.117. The van der Waals surface area contributed by atoms with Crippen molar-refractivity contribution in [3.05, 3.63) is 36.4 Å². The zero-order chi connectivity index (χ0) is 16.5. The fourth-order valence-corrected chi connectivity index (χ4v) is 3.26. The van der Waals surface area contributed by atoms with Gasteiger partial charge < -0.3 is 15.0 Å². The smallest absolute Gasteiger partial charge is 0.228 e. The molecule has 2 fully saturated rings. The van der Waals surface area contributed by atoms with E-state index < -0.39 is 0 Å². The van der Waals surface area contributed by atoms with Crippen LogP contribution in [0, 0.1) is 5.92 Å². The summed E-state index contributed by atoms with van der Waals surface area (Å²) in [5.74, 6) is 0.994. The first-order valence-corrected chi connectivity index (χ1v) is 8.33. The van der Waals surface area contributed by atoms with E-state index in [2.05, 4.69) is 44.5 Å². The number of aromatic amines is 1. The predicted octanol–water partition coefficient (Wildman–Crippen LogP) is 1.77. The van der Waals surface area contributed by atoms with Gasteiger partial charge in [0.25, 0.3) is 0 Å². The van der Waals surface area contributed by atoms with Crippen LogP contribution in [0.4, 0.5) is 11.4 Å². The minimum atomic E-state index is -0.0168. The van der Waals surface area contributed by atoms with Crippen molar-refractivity contribution in [2.75, 3.05) is 30.0 Å². The van der Waals surface area contributed by atoms with Crippen molar-refractivity contribution in [3.63, 3.8) is 0 Å². The van der Waals surface area contributed by atoms with Crippen molar-refractivity contribution in [3.8, 4) is 0 Å². The van der Waals surface area contributed by atoms with E-state index in [0.717, 1.165) is 43.4 Å². The molecule has 7 nitrogen and oxygen atoms in total. The number of ether oxygens (including phenoxy) is 1. The van der Waals surface area contributed by atoms with Gasteiger partial charge in [0.05, 0.1) is 13.2 Å². The summed E-state index contributed by atoms with van der Waals surface area (Å²) < 4.78 is 5.47. The molecule has 1 saturated carbocycles. The van der Waals surface area contributed by atoms with E-state index in [4.69, 9.17) is 4.74 Å². The number of anilines is 2. The van der Waals surface area contributed by atoms with Gasteiger partial charge in [-0.05, 0) is 37.6 Å². The Labute approximate surface area is 140 Å². The molecule has 1 saturated heterocycles. The number of H-pyrrole nitrogens is 1. The number of benzene rings is 1. The minimum Gasteiger partial charge on any atom is -0.377 e. The van der Waals surface area contributed by atoms with Crippen LogP contribution < -0.4 is 10.2 Å². The van der Waals surface area contributed by atoms with E-state index >= 15 is 0 Å². The van der Waals surface area contributed by atoms with Gasteiger partial charge in [-0.2, -0.15) is 5.10 Å². The van der Waals surface area contributed by atoms with Crippen LogP contribution in [0.25, 0.3) is 0 Å². The maximum absolute atomic E-state index is 12.3. The summed E-state index contributed by atoms with van der Waals surface area (Å²) in [5.41, 5.74) is 1.99. The molecular formula is C17H21N5O2. The van der Waals surface area contributed by atoms with Gasteiger partial charge in [-0.3, -0.25) is 9.89 Å². The molecule has 1 amide bonds. The van der Waals surface area contributed by atoms with Crippen LogP contribution in [-0.2, 0) is 9.53 Å². The second-order valence-electron chi connectivity index (χ2n) is 6.47. The molecule has 1 aromatic heterocycles. The zero-order valence-electron chi connectivity index (χ0n) is 13.6. The summed E-state index contributed by atoms with van der Waals surface area (Å²) in [5, 5.41) is 9.67. The number of hydrogen-bond acceptors (Lipinski definition) is 5. The van der Waals surface area contributed by atoms with Crippen molar-refractivity contribution >= 4 is 17.3 Å². The average Bonchev–Trinajstić information content (AvgIpc) is 3.22. The molecule has 0 radical (unpaired) electrons. The summed E-state index contributed by atoms with van der Waals surface area (Å²) in [6, 6.07) is 8.40. The molecule has 3 atom stereocenters. The lowest BCUT2D eigenvalue weighted by atomic mass is 10.2. The Bertz CT molecular complexity index is 700. The molecule has 2 N–H and O–H groups in total. The third-order valence-corrected chi connectivity index (χ3v) is 4.75. The number of morpholine rings is 1. The minimum absolute atomic E-state index is 0.0168. The molecule has 7 heteroatoms. The standard InChI is InChI=1S/C17H21N5O2/c1-11-9-24-7-6-22(11)13-4-2-12(3-5-13)20-17(23)15-8-14(15)16-18-10-19-21-16/h2-5,10-11,14-15H,6-9H2,1H3,(H,20,23)(H,18,19,21)/t11-,14+,15+/m1/s1. The number of aromatic nitrogens is 3. The van der Waals surface area contributed by atoms with Gasteiger partial charge in [0.15, 0.2) is 0 Å². The van der Waals surface area contributed by atoms with Gasteiger partial charge in [-0.1, -0.05) is 0 Å². The van der Waals surface area contributed by atoms with E-state index in [1.54, 1.807) is 0 Å². The number of carbonyl (C=O) groups excluding carboxylic acids is 1. The third-order valence-electron chi connectivity index (χ3n) is 4.75. The molecule has 0 unspecified atom stereocenters. The number of rotatable bonds is 4. The number of carbonyl (C=O) groups is 1. The third kappa shape index (κ3) is 2.99. The Morgan fingerprint density at radius 1 is 1.38 bits per heavy atom. The first-order chi connectivity index (χ1) is 11.7. The summed E-state index contributed by atoms with van der Waals surface area (Å²) in [4.78, 5) is 18.8. The lowest BCUT2D eigenvalue weighted by Gasteiger charge is -2.35. The number of nitrogens with zero attached hydrogens (tertiary/aromatic N) is 3. The lowest BCUT2D eigenvalue weighted by Crippen LogP contribution is -2.43. The maximum Gasteiger partial charge on any atom is 0.228 e. The van der Waals surface area contributed by atoms with Crippen molar-refractivity contribution in [1.29, 1.82) is 0 Å². The average molecular weight is 327 g/mol. The highest BCUT2D eigenvalue weighted by molar-refractivity contribution is 5.95. The molecule has 24 heavy (non-hydrogen) atoms. The monoisotopic (exact) mass is 327 g/mol. The molecule has 0 spiro atoms. The molecule has 126 valence electrons. The highest BCUT2D eigenvalue weighted by Gasteiger charge is 2.45. The van der Waals surface area contributed by atoms with E-state index in [-0.39, 0.29) is 17.7 Å². The molecule has 1 aliphatic carbocycles. The van der Waals surface area contributed by atoms with Gasteiger partial charge >= 0.3 is 0 Å². The summed E-state index contributed by atoms with van der Waals surface area (Å²) in [6.07, 6.45) is 2.30. The Hall–Kier alpha value is -2.41. The Kier molecular flexibility index (Phi) is 3.93. The van der Waals surface area contributed by atoms with Crippen molar-refractivity contribution < 1.29 is 9.53 Å². The van der Waals surface area contributed by atoms with Gasteiger partial charge in [0.2, 0.25) is 5.91 Å². The molecule has 1 aromatic carbocycles. The Morgan fingerprint density at radius 3 is 2.92 bits per heavy atom. The maximum atomic E-state index is 12.3. The predicted molar refractivity (Wildman–Crippen MR) is 89.9 cm³/mol. The van der Waals surface area contributed by atoms with Crippen LogP contribution >= 0.6 is 0 Å². The van der Waals surface area contributed by atoms with E-state index in [1.807, 2.05) is 12.1 Å². The van der Waals surface area contributed by atoms with E-state index in [9.17, 15) is 4.79 Å². The first-order valence-electron chi connectivity index (χ1n) is 8.33. The van der Waals surface area contributed by atoms with Crippen LogP contribution in [0.1, 0.15) is 25.1 Å². The molecule has 2 heterocycles. The highest BCUT2D eigenvalue weighted by Crippen LogP contribution is 2.46. The summed E-state index contributed by atoms with van der Waals surface area (Å²) in [7, 11) is 0. The zero-order valence-corrected chi connectivity index (χ0v) is 13.6. The largest absolute Gasteiger partial charge is 0.377 e. The van der Waals surface area contributed by atoms with E-state index in [1.165, 1.54) is 6.33 Å². The van der Waals surface area contributed by atoms with Gasteiger partial charge in [0, 0.05) is 35.8 Å². The molecular weight excluding hydrogens is 306 g/mol. The molecule has 1 aliphatic heterocycles. The SMILES string of the molecule is C[C@@H]1COCCN1c1ccc(NC(=O)[C@H]2C[C@@H]2c2ncn[nH]2)cc1. The van der Waals surface area contributed by atoms with Crippen molar-refractivity contribution in [2.45, 2.75) is 25.3 Å². The van der Waals surface area contributed by atoms with Gasteiger partial charge in [-0.25, -0.2) is 4.98 Å². The van der Waals surface area contributed by atoms with Crippen LogP contribution in [0.3, 0.4) is 0 Å². The topological polar surface area (TPSA) is 83.1 Å². The van der Waals surface area contributed by atoms with Crippen LogP contribution in [0.5, 0.6) is 0 Å². The Morgan fingerprint density at radius 2 is 2.21 bits per heavy atom. The quantitative estimate of drug-likeness (QED) is 0.894. The molecule has 2 aromatic rings. The van der Waals surface area contributed by atoms with Crippen molar-refractivity contribution in [2.24, 2.45) is 5.92 Å². The molecule has 2 aliphatic rings. The van der Waals surface area contributed by atoms with E-state index in [0.29, 0.717) is 6.04 Å². The molecule has 4 rings (SSSR count). The van der Waals surface area contributed by atoms with Gasteiger partial charge in [-0.15, -0.1) is 0 Å². The number of nitrogens with one attached hydrogen (secondary N) is 2. The van der Waals surface area contributed by atoms with Crippen molar-refractivity contribution in [1.82, 2.24) is 15.2 Å². The van der Waals surface area contributed by atoms with Crippen LogP contribution in [0.15, 0.2) is 30.6 Å². The number of hydrogen-bond donors (Lipinski definition) is 2.